The van der Waals surface area contributed by atoms with Gasteiger partial charge in [-0.1, -0.05) is 42.5 Å². The molecule has 2 N–H and O–H groups in total. The van der Waals surface area contributed by atoms with E-state index >= 15 is 0 Å². The summed E-state index contributed by atoms with van der Waals surface area (Å²) in [5.74, 6) is -0.643. The van der Waals surface area contributed by atoms with Crippen molar-refractivity contribution in [2.75, 3.05) is 21.3 Å². The van der Waals surface area contributed by atoms with E-state index in [1.54, 1.807) is 55.1 Å². The number of methoxy groups -OCH3 is 3. The van der Waals surface area contributed by atoms with Crippen molar-refractivity contribution < 1.29 is 34.0 Å². The van der Waals surface area contributed by atoms with Crippen LogP contribution in [0, 0.1) is 5.92 Å². The third-order valence-electron chi connectivity index (χ3n) is 7.90. The number of ketones is 1. The standard InChI is InChI=1S/C30H27NO7S/c1-35-19-11-9-18(10-12-19)30-24(17-7-5-4-6-8-17)23(26(32)28-31-13-14-39-28)27(33)29(30,34)25-21(37-3)15-20(36-2)16-22(25)38-30/h4-16,23-24,27,33-34H,1-3H3/t23-,24+,27+,29-,30-/m0/s1. The summed E-state index contributed by atoms with van der Waals surface area (Å²) in [6.45, 7) is 0. The summed E-state index contributed by atoms with van der Waals surface area (Å²) in [7, 11) is 4.56. The summed E-state index contributed by atoms with van der Waals surface area (Å²) in [5, 5.41) is 27.0. The Kier molecular flexibility index (Phi) is 6.10. The van der Waals surface area contributed by atoms with Gasteiger partial charge in [-0.05, 0) is 23.3 Å². The van der Waals surface area contributed by atoms with Crippen molar-refractivity contribution in [3.8, 4) is 23.0 Å². The minimum Gasteiger partial charge on any atom is -0.497 e. The van der Waals surface area contributed by atoms with Crippen LogP contribution in [0.2, 0.25) is 0 Å². The maximum Gasteiger partial charge on any atom is 0.197 e. The molecule has 2 aliphatic rings. The molecule has 0 unspecified atom stereocenters. The molecule has 0 bridgehead atoms. The van der Waals surface area contributed by atoms with Crippen LogP contribution in [0.15, 0.2) is 78.3 Å². The highest BCUT2D eigenvalue weighted by molar-refractivity contribution is 7.11. The minimum absolute atomic E-state index is 0.246. The summed E-state index contributed by atoms with van der Waals surface area (Å²) < 4.78 is 23.4. The van der Waals surface area contributed by atoms with Crippen LogP contribution in [0.1, 0.15) is 32.4 Å². The number of aromatic nitrogens is 1. The average Bonchev–Trinajstić information content (AvgIpc) is 3.65. The summed E-state index contributed by atoms with van der Waals surface area (Å²) >= 11 is 1.19. The molecule has 39 heavy (non-hydrogen) atoms. The van der Waals surface area contributed by atoms with Crippen molar-refractivity contribution in [2.45, 2.75) is 23.2 Å². The van der Waals surface area contributed by atoms with Gasteiger partial charge in [0.1, 0.15) is 29.1 Å². The van der Waals surface area contributed by atoms with Crippen molar-refractivity contribution in [1.82, 2.24) is 4.98 Å². The van der Waals surface area contributed by atoms with Gasteiger partial charge in [0.2, 0.25) is 0 Å². The summed E-state index contributed by atoms with van der Waals surface area (Å²) in [5.41, 5.74) is -2.18. The van der Waals surface area contributed by atoms with E-state index in [4.69, 9.17) is 18.9 Å². The largest absolute Gasteiger partial charge is 0.497 e. The Bertz CT molecular complexity index is 1510. The first-order chi connectivity index (χ1) is 18.9. The number of ether oxygens (including phenoxy) is 4. The van der Waals surface area contributed by atoms with Gasteiger partial charge in [0.15, 0.2) is 22.0 Å². The second-order valence-electron chi connectivity index (χ2n) is 9.60. The Morgan fingerprint density at radius 2 is 1.69 bits per heavy atom. The lowest BCUT2D eigenvalue weighted by Gasteiger charge is -2.40. The van der Waals surface area contributed by atoms with E-state index in [9.17, 15) is 15.0 Å². The van der Waals surface area contributed by atoms with Gasteiger partial charge in [0.05, 0.1) is 32.8 Å². The molecular formula is C30H27NO7S. The molecule has 5 atom stereocenters. The third kappa shape index (κ3) is 3.43. The first-order valence-corrected chi connectivity index (χ1v) is 13.3. The highest BCUT2D eigenvalue weighted by Crippen LogP contribution is 2.70. The number of carbonyl (C=O) groups is 1. The zero-order valence-corrected chi connectivity index (χ0v) is 22.3. The molecule has 0 amide bonds. The van der Waals surface area contributed by atoms with Gasteiger partial charge in [-0.2, -0.15) is 0 Å². The van der Waals surface area contributed by atoms with Gasteiger partial charge in [-0.25, -0.2) is 4.98 Å². The molecule has 1 aromatic heterocycles. The number of aliphatic hydroxyl groups excluding tert-OH is 1. The van der Waals surface area contributed by atoms with Crippen LogP contribution in [0.25, 0.3) is 0 Å². The van der Waals surface area contributed by atoms with E-state index in [0.717, 1.165) is 5.56 Å². The molecule has 8 nitrogen and oxygen atoms in total. The van der Waals surface area contributed by atoms with E-state index in [-0.39, 0.29) is 22.1 Å². The molecule has 1 fully saturated rings. The van der Waals surface area contributed by atoms with E-state index in [2.05, 4.69) is 4.98 Å². The smallest absolute Gasteiger partial charge is 0.197 e. The molecule has 4 aromatic rings. The van der Waals surface area contributed by atoms with Crippen molar-refractivity contribution in [1.29, 1.82) is 0 Å². The summed E-state index contributed by atoms with van der Waals surface area (Å²) in [6, 6.07) is 19.7. The van der Waals surface area contributed by atoms with Gasteiger partial charge in [0.25, 0.3) is 0 Å². The number of benzene rings is 3. The van der Waals surface area contributed by atoms with Crippen molar-refractivity contribution >= 4 is 17.1 Å². The van der Waals surface area contributed by atoms with Crippen LogP contribution in [-0.2, 0) is 11.2 Å². The Balaban J connectivity index is 1.69. The summed E-state index contributed by atoms with van der Waals surface area (Å²) in [4.78, 5) is 18.3. The molecular weight excluding hydrogens is 518 g/mol. The number of hydrogen-bond donors (Lipinski definition) is 2. The molecule has 6 rings (SSSR count). The molecule has 3 aromatic carbocycles. The second kappa shape index (κ2) is 9.37. The number of thiazole rings is 1. The minimum atomic E-state index is -2.09. The summed E-state index contributed by atoms with van der Waals surface area (Å²) in [6.07, 6.45) is -0.0307. The van der Waals surface area contributed by atoms with Crippen LogP contribution < -0.4 is 18.9 Å². The number of nitrogens with zero attached hydrogens (tertiary/aromatic N) is 1. The molecule has 1 aliphatic carbocycles. The third-order valence-corrected chi connectivity index (χ3v) is 8.69. The van der Waals surface area contributed by atoms with Gasteiger partial charge in [-0.15, -0.1) is 11.3 Å². The van der Waals surface area contributed by atoms with Gasteiger partial charge in [-0.3, -0.25) is 4.79 Å². The molecule has 0 radical (unpaired) electrons. The van der Waals surface area contributed by atoms with Gasteiger partial charge in [0, 0.05) is 29.6 Å². The number of rotatable bonds is 7. The number of fused-ring (bicyclic) bond motifs is 3. The Labute approximate surface area is 229 Å². The average molecular weight is 546 g/mol. The molecule has 0 saturated heterocycles. The fraction of sp³-hybridized carbons (Fsp3) is 0.267. The van der Waals surface area contributed by atoms with Gasteiger partial charge < -0.3 is 29.2 Å². The number of hydrogen-bond acceptors (Lipinski definition) is 9. The molecule has 0 spiro atoms. The predicted molar refractivity (Wildman–Crippen MR) is 144 cm³/mol. The maximum absolute atomic E-state index is 14.1. The van der Waals surface area contributed by atoms with E-state index in [1.807, 2.05) is 30.3 Å². The first-order valence-electron chi connectivity index (χ1n) is 12.4. The lowest BCUT2D eigenvalue weighted by molar-refractivity contribution is -0.151. The van der Waals surface area contributed by atoms with E-state index in [1.165, 1.54) is 25.6 Å². The predicted octanol–water partition coefficient (Wildman–Crippen LogP) is 4.30. The normalized spacial score (nSPS) is 26.8. The zero-order valence-electron chi connectivity index (χ0n) is 21.5. The first kappa shape index (κ1) is 25.4. The van der Waals surface area contributed by atoms with E-state index < -0.39 is 29.1 Å². The second-order valence-corrected chi connectivity index (χ2v) is 10.5. The SMILES string of the molecule is COc1ccc([C@@]23Oc4cc(OC)cc(OC)c4[C@]2(O)[C@H](O)[C@H](C(=O)c2nccs2)[C@H]3c2ccccc2)cc1. The van der Waals surface area contributed by atoms with Crippen molar-refractivity contribution in [3.05, 3.63) is 100 Å². The molecule has 200 valence electrons. The lowest BCUT2D eigenvalue weighted by atomic mass is 9.70. The number of carbonyl (C=O) groups excluding carboxylic acids is 1. The van der Waals surface area contributed by atoms with Crippen LogP contribution in [0.4, 0.5) is 0 Å². The topological polar surface area (TPSA) is 107 Å². The Hall–Kier alpha value is -3.92. The van der Waals surface area contributed by atoms with Crippen molar-refractivity contribution in [2.24, 2.45) is 5.92 Å². The molecule has 1 saturated carbocycles. The highest BCUT2D eigenvalue weighted by atomic mass is 32.1. The lowest BCUT2D eigenvalue weighted by Crippen LogP contribution is -2.52. The van der Waals surface area contributed by atoms with E-state index in [0.29, 0.717) is 22.8 Å². The van der Waals surface area contributed by atoms with Crippen molar-refractivity contribution in [3.63, 3.8) is 0 Å². The van der Waals surface area contributed by atoms with Gasteiger partial charge >= 0.3 is 0 Å². The van der Waals surface area contributed by atoms with Crippen LogP contribution >= 0.6 is 11.3 Å². The maximum atomic E-state index is 14.1. The Morgan fingerprint density at radius 3 is 2.31 bits per heavy atom. The Morgan fingerprint density at radius 1 is 0.974 bits per heavy atom. The molecule has 9 heteroatoms. The van der Waals surface area contributed by atoms with Crippen LogP contribution in [-0.4, -0.2) is 48.4 Å². The number of Topliss-reactive ketones (excluding diaryl/α,β-unsaturated/α-hetero) is 1. The molecule has 2 heterocycles. The zero-order chi connectivity index (χ0) is 27.4. The monoisotopic (exact) mass is 545 g/mol. The highest BCUT2D eigenvalue weighted by Gasteiger charge is 2.78. The molecule has 1 aliphatic heterocycles. The fourth-order valence-electron chi connectivity index (χ4n) is 6.28. The van der Waals surface area contributed by atoms with Crippen LogP contribution in [0.3, 0.4) is 0 Å². The quantitative estimate of drug-likeness (QED) is 0.331. The number of aliphatic hydroxyl groups is 2. The fourth-order valence-corrected chi connectivity index (χ4v) is 6.91. The van der Waals surface area contributed by atoms with Crippen LogP contribution in [0.5, 0.6) is 23.0 Å².